The van der Waals surface area contributed by atoms with E-state index in [2.05, 4.69) is 45.1 Å². The van der Waals surface area contributed by atoms with Crippen molar-refractivity contribution in [1.29, 1.82) is 0 Å². The molecule has 6 nitrogen and oxygen atoms in total. The molecular weight excluding hydrogens is 380 g/mol. The van der Waals surface area contributed by atoms with E-state index in [-0.39, 0.29) is 36.9 Å². The van der Waals surface area contributed by atoms with Gasteiger partial charge in [0.15, 0.2) is 11.5 Å². The number of hydrogen-bond acceptors (Lipinski definition) is 4. The fourth-order valence-corrected chi connectivity index (χ4v) is 4.11. The molecule has 2 aromatic rings. The maximum absolute atomic E-state index is 13.1. The summed E-state index contributed by atoms with van der Waals surface area (Å²) in [5, 5.41) is 3.16. The third kappa shape index (κ3) is 3.74. The molecule has 4 rings (SSSR count). The zero-order valence-corrected chi connectivity index (χ0v) is 17.9. The molecule has 0 bridgehead atoms. The van der Waals surface area contributed by atoms with Crippen molar-refractivity contribution in [3.63, 3.8) is 0 Å². The van der Waals surface area contributed by atoms with Crippen LogP contribution in [0.1, 0.15) is 57.1 Å². The number of hydrogen-bond donors (Lipinski definition) is 1. The summed E-state index contributed by atoms with van der Waals surface area (Å²) in [5.74, 6) is 1.30. The maximum Gasteiger partial charge on any atom is 0.231 e. The maximum atomic E-state index is 13.1. The van der Waals surface area contributed by atoms with E-state index in [1.54, 1.807) is 17.0 Å². The largest absolute Gasteiger partial charge is 0.454 e. The minimum atomic E-state index is -0.400. The number of fused-ring (bicyclic) bond motifs is 1. The minimum Gasteiger partial charge on any atom is -0.454 e. The number of carbonyl (C=O) groups excluding carboxylic acids is 2. The standard InChI is InChI=1S/C24H28N2O4/c1-14(2)18-6-5-7-19(15(3)4)23(18)25-24(28)16-10-22(27)26(12-16)17-8-9-20-21(11-17)30-13-29-20/h5-9,11,14-16H,10,12-13H2,1-4H3,(H,25,28). The van der Waals surface area contributed by atoms with Crippen LogP contribution in [0.3, 0.4) is 0 Å². The van der Waals surface area contributed by atoms with Gasteiger partial charge in [0.25, 0.3) is 0 Å². The van der Waals surface area contributed by atoms with Gasteiger partial charge in [0.2, 0.25) is 18.6 Å². The van der Waals surface area contributed by atoms with Gasteiger partial charge in [-0.05, 0) is 35.1 Å². The van der Waals surface area contributed by atoms with Gasteiger partial charge < -0.3 is 19.7 Å². The molecule has 0 radical (unpaired) electrons. The van der Waals surface area contributed by atoms with E-state index in [0.717, 1.165) is 22.5 Å². The lowest BCUT2D eigenvalue weighted by Gasteiger charge is -2.22. The van der Waals surface area contributed by atoms with Crippen molar-refractivity contribution in [3.8, 4) is 11.5 Å². The second kappa shape index (κ2) is 8.01. The highest BCUT2D eigenvalue weighted by Gasteiger charge is 2.36. The molecule has 1 fully saturated rings. The van der Waals surface area contributed by atoms with Gasteiger partial charge in [0, 0.05) is 30.4 Å². The van der Waals surface area contributed by atoms with Crippen LogP contribution in [-0.2, 0) is 9.59 Å². The van der Waals surface area contributed by atoms with Gasteiger partial charge in [-0.25, -0.2) is 0 Å². The Hall–Kier alpha value is -3.02. The SMILES string of the molecule is CC(C)c1cccc(C(C)C)c1NC(=O)C1CC(=O)N(c2ccc3c(c2)OCO3)C1. The van der Waals surface area contributed by atoms with Crippen molar-refractivity contribution in [1.82, 2.24) is 0 Å². The van der Waals surface area contributed by atoms with Crippen molar-refractivity contribution in [2.75, 3.05) is 23.6 Å². The lowest BCUT2D eigenvalue weighted by molar-refractivity contribution is -0.122. The number of nitrogens with zero attached hydrogens (tertiary/aromatic N) is 1. The number of ether oxygens (including phenoxy) is 2. The average molecular weight is 408 g/mol. The fourth-order valence-electron chi connectivity index (χ4n) is 4.11. The molecule has 0 spiro atoms. The van der Waals surface area contributed by atoms with Crippen molar-refractivity contribution in [3.05, 3.63) is 47.5 Å². The van der Waals surface area contributed by atoms with Gasteiger partial charge in [-0.3, -0.25) is 9.59 Å². The van der Waals surface area contributed by atoms with Gasteiger partial charge in [-0.2, -0.15) is 0 Å². The van der Waals surface area contributed by atoms with Crippen LogP contribution in [0.4, 0.5) is 11.4 Å². The monoisotopic (exact) mass is 408 g/mol. The molecule has 1 atom stereocenters. The molecule has 2 amide bonds. The molecule has 2 aromatic carbocycles. The number of carbonyl (C=O) groups is 2. The molecule has 1 saturated heterocycles. The molecule has 2 aliphatic rings. The lowest BCUT2D eigenvalue weighted by atomic mass is 9.92. The van der Waals surface area contributed by atoms with Crippen molar-refractivity contribution in [2.24, 2.45) is 5.92 Å². The van der Waals surface area contributed by atoms with Crippen LogP contribution < -0.4 is 19.7 Å². The quantitative estimate of drug-likeness (QED) is 0.782. The zero-order chi connectivity index (χ0) is 21.4. The minimum absolute atomic E-state index is 0.0600. The topological polar surface area (TPSA) is 67.9 Å². The Morgan fingerprint density at radius 3 is 2.37 bits per heavy atom. The summed E-state index contributed by atoms with van der Waals surface area (Å²) in [7, 11) is 0. The van der Waals surface area contributed by atoms with Crippen LogP contribution in [0.2, 0.25) is 0 Å². The summed E-state index contributed by atoms with van der Waals surface area (Å²) < 4.78 is 10.8. The van der Waals surface area contributed by atoms with Gasteiger partial charge in [0.1, 0.15) is 0 Å². The predicted octanol–water partition coefficient (Wildman–Crippen LogP) is 4.65. The molecule has 2 heterocycles. The number of rotatable bonds is 5. The van der Waals surface area contributed by atoms with E-state index in [0.29, 0.717) is 18.0 Å². The molecule has 30 heavy (non-hydrogen) atoms. The smallest absolute Gasteiger partial charge is 0.231 e. The first kappa shape index (κ1) is 20.3. The van der Waals surface area contributed by atoms with Crippen LogP contribution in [0, 0.1) is 5.92 Å². The van der Waals surface area contributed by atoms with Crippen molar-refractivity contribution >= 4 is 23.2 Å². The number of nitrogens with one attached hydrogen (secondary N) is 1. The number of amides is 2. The van der Waals surface area contributed by atoms with Crippen LogP contribution in [0.15, 0.2) is 36.4 Å². The number of benzene rings is 2. The molecule has 0 aliphatic carbocycles. The Labute approximate surface area is 177 Å². The van der Waals surface area contributed by atoms with Crippen LogP contribution >= 0.6 is 0 Å². The van der Waals surface area contributed by atoms with E-state index >= 15 is 0 Å². The predicted molar refractivity (Wildman–Crippen MR) is 116 cm³/mol. The highest BCUT2D eigenvalue weighted by Crippen LogP contribution is 2.38. The van der Waals surface area contributed by atoms with E-state index in [1.165, 1.54) is 0 Å². The molecule has 0 saturated carbocycles. The van der Waals surface area contributed by atoms with Crippen LogP contribution in [0.25, 0.3) is 0 Å². The van der Waals surface area contributed by atoms with Gasteiger partial charge >= 0.3 is 0 Å². The highest BCUT2D eigenvalue weighted by atomic mass is 16.7. The Morgan fingerprint density at radius 2 is 1.70 bits per heavy atom. The van der Waals surface area contributed by atoms with Crippen molar-refractivity contribution < 1.29 is 19.1 Å². The van der Waals surface area contributed by atoms with E-state index in [4.69, 9.17) is 9.47 Å². The highest BCUT2D eigenvalue weighted by molar-refractivity contribution is 6.04. The second-order valence-electron chi connectivity index (χ2n) is 8.55. The van der Waals surface area contributed by atoms with Crippen LogP contribution in [0.5, 0.6) is 11.5 Å². The van der Waals surface area contributed by atoms with Crippen molar-refractivity contribution in [2.45, 2.75) is 46.0 Å². The molecule has 1 N–H and O–H groups in total. The first-order valence-corrected chi connectivity index (χ1v) is 10.5. The Balaban J connectivity index is 1.54. The Kier molecular flexibility index (Phi) is 5.41. The second-order valence-corrected chi connectivity index (χ2v) is 8.55. The summed E-state index contributed by atoms with van der Waals surface area (Å²) in [5.41, 5.74) is 3.85. The fraction of sp³-hybridized carbons (Fsp3) is 0.417. The average Bonchev–Trinajstić information content (AvgIpc) is 3.33. The first-order valence-electron chi connectivity index (χ1n) is 10.5. The van der Waals surface area contributed by atoms with Crippen LogP contribution in [-0.4, -0.2) is 25.2 Å². The third-order valence-corrected chi connectivity index (χ3v) is 5.78. The summed E-state index contributed by atoms with van der Waals surface area (Å²) in [4.78, 5) is 27.5. The lowest BCUT2D eigenvalue weighted by Crippen LogP contribution is -2.28. The summed E-state index contributed by atoms with van der Waals surface area (Å²) >= 11 is 0. The molecular formula is C24H28N2O4. The summed E-state index contributed by atoms with van der Waals surface area (Å²) in [6.07, 6.45) is 0.196. The molecule has 2 aliphatic heterocycles. The molecule has 0 aromatic heterocycles. The number of anilines is 2. The first-order chi connectivity index (χ1) is 14.3. The van der Waals surface area contributed by atoms with Gasteiger partial charge in [-0.1, -0.05) is 45.9 Å². The summed E-state index contributed by atoms with van der Waals surface area (Å²) in [6, 6.07) is 11.6. The normalized spacial score (nSPS) is 17.9. The van der Waals surface area contributed by atoms with E-state index < -0.39 is 5.92 Å². The van der Waals surface area contributed by atoms with E-state index in [1.807, 2.05) is 12.1 Å². The summed E-state index contributed by atoms with van der Waals surface area (Å²) in [6.45, 7) is 9.02. The number of para-hydroxylation sites is 1. The van der Waals surface area contributed by atoms with Gasteiger partial charge in [-0.15, -0.1) is 0 Å². The van der Waals surface area contributed by atoms with Gasteiger partial charge in [0.05, 0.1) is 5.92 Å². The van der Waals surface area contributed by atoms with E-state index in [9.17, 15) is 9.59 Å². The molecule has 158 valence electrons. The Bertz CT molecular complexity index is 957. The molecule has 1 unspecified atom stereocenters. The Morgan fingerprint density at radius 1 is 1.03 bits per heavy atom. The molecule has 6 heteroatoms. The zero-order valence-electron chi connectivity index (χ0n) is 17.9. The third-order valence-electron chi connectivity index (χ3n) is 5.78.